The lowest BCUT2D eigenvalue weighted by Crippen LogP contribution is -2.42. The van der Waals surface area contributed by atoms with Crippen LogP contribution >= 0.6 is 0 Å². The Bertz CT molecular complexity index is 658. The fourth-order valence-electron chi connectivity index (χ4n) is 2.36. The van der Waals surface area contributed by atoms with Crippen LogP contribution in [0.3, 0.4) is 0 Å². The van der Waals surface area contributed by atoms with Gasteiger partial charge >= 0.3 is 0 Å². The Hall–Kier alpha value is -2.61. The first-order valence-corrected chi connectivity index (χ1v) is 6.91. The van der Waals surface area contributed by atoms with E-state index in [9.17, 15) is 4.79 Å². The maximum Gasteiger partial charge on any atom is 0.274 e. The molecule has 0 bridgehead atoms. The lowest BCUT2D eigenvalue weighted by Gasteiger charge is -2.32. The Morgan fingerprint density at radius 3 is 3.00 bits per heavy atom. The van der Waals surface area contributed by atoms with Crippen LogP contribution in [-0.4, -0.2) is 50.4 Å². The van der Waals surface area contributed by atoms with E-state index < -0.39 is 0 Å². The van der Waals surface area contributed by atoms with Crippen LogP contribution in [0, 0.1) is 6.92 Å². The highest BCUT2D eigenvalue weighted by atomic mass is 16.5. The summed E-state index contributed by atoms with van der Waals surface area (Å²) in [5, 5.41) is 0. The van der Waals surface area contributed by atoms with Gasteiger partial charge in [-0.1, -0.05) is 0 Å². The summed E-state index contributed by atoms with van der Waals surface area (Å²) in [5.41, 5.74) is 6.75. The molecule has 0 aromatic carbocycles. The molecule has 0 radical (unpaired) electrons. The van der Waals surface area contributed by atoms with Gasteiger partial charge in [-0.2, -0.15) is 0 Å². The molecule has 8 nitrogen and oxygen atoms in total. The van der Waals surface area contributed by atoms with E-state index in [-0.39, 0.29) is 12.0 Å². The van der Waals surface area contributed by atoms with Crippen molar-refractivity contribution < 1.29 is 9.53 Å². The fraction of sp³-hybridized carbons (Fsp3) is 0.357. The van der Waals surface area contributed by atoms with Crippen LogP contribution in [-0.2, 0) is 4.74 Å². The molecule has 8 heteroatoms. The van der Waals surface area contributed by atoms with Crippen molar-refractivity contribution in [2.45, 2.75) is 13.0 Å². The number of morpholine rings is 1. The van der Waals surface area contributed by atoms with Gasteiger partial charge in [0.1, 0.15) is 23.4 Å². The lowest BCUT2D eigenvalue weighted by atomic mass is 10.2. The number of carbonyl (C=O) groups is 1. The van der Waals surface area contributed by atoms with Crippen LogP contribution in [0.1, 0.15) is 28.1 Å². The Kier molecular flexibility index (Phi) is 3.92. The van der Waals surface area contributed by atoms with Crippen LogP contribution in [0.15, 0.2) is 24.7 Å². The third-order valence-electron chi connectivity index (χ3n) is 3.34. The van der Waals surface area contributed by atoms with Crippen molar-refractivity contribution in [2.24, 2.45) is 0 Å². The van der Waals surface area contributed by atoms with Gasteiger partial charge in [0, 0.05) is 25.0 Å². The molecule has 0 aliphatic carbocycles. The number of hydrogen-bond donors (Lipinski definition) is 1. The van der Waals surface area contributed by atoms with Crippen molar-refractivity contribution in [3.8, 4) is 0 Å². The summed E-state index contributed by atoms with van der Waals surface area (Å²) in [4.78, 5) is 30.5. The van der Waals surface area contributed by atoms with E-state index in [0.29, 0.717) is 42.7 Å². The molecule has 0 unspecified atom stereocenters. The van der Waals surface area contributed by atoms with E-state index in [1.165, 1.54) is 18.6 Å². The number of aryl methyl sites for hydroxylation is 1. The summed E-state index contributed by atoms with van der Waals surface area (Å²) in [6.07, 6.45) is 4.17. The van der Waals surface area contributed by atoms with Gasteiger partial charge in [-0.25, -0.2) is 15.0 Å². The normalized spacial score (nSPS) is 18.2. The second-order valence-electron chi connectivity index (χ2n) is 4.97. The fourth-order valence-corrected chi connectivity index (χ4v) is 2.36. The summed E-state index contributed by atoms with van der Waals surface area (Å²) in [7, 11) is 0. The van der Waals surface area contributed by atoms with Gasteiger partial charge in [0.15, 0.2) is 0 Å². The zero-order valence-corrected chi connectivity index (χ0v) is 12.1. The highest BCUT2D eigenvalue weighted by molar-refractivity contribution is 5.92. The van der Waals surface area contributed by atoms with Gasteiger partial charge in [0.2, 0.25) is 0 Å². The molecule has 22 heavy (non-hydrogen) atoms. The minimum absolute atomic E-state index is 0.167. The van der Waals surface area contributed by atoms with Crippen molar-refractivity contribution >= 4 is 11.7 Å². The minimum atomic E-state index is -0.321. The van der Waals surface area contributed by atoms with E-state index >= 15 is 0 Å². The van der Waals surface area contributed by atoms with Crippen molar-refractivity contribution in [1.82, 2.24) is 24.8 Å². The first kappa shape index (κ1) is 14.3. The molecular formula is C14H16N6O2. The zero-order chi connectivity index (χ0) is 15.5. The summed E-state index contributed by atoms with van der Waals surface area (Å²) in [5.74, 6) is 0.805. The standard InChI is InChI=1S/C14H16N6O2/c1-9-18-10(6-13(15)19-9)12-8-20(4-5-22-12)14(21)11-7-16-2-3-17-11/h2-3,6-7,12H,4-5,8H2,1H3,(H2,15,18,19)/t12-/m1/s1. The third-order valence-corrected chi connectivity index (χ3v) is 3.34. The number of nitrogens with two attached hydrogens (primary N) is 1. The van der Waals surface area contributed by atoms with Crippen molar-refractivity contribution in [3.63, 3.8) is 0 Å². The summed E-state index contributed by atoms with van der Waals surface area (Å²) in [6, 6.07) is 1.67. The molecule has 3 heterocycles. The topological polar surface area (TPSA) is 107 Å². The van der Waals surface area contributed by atoms with E-state index in [1.54, 1.807) is 17.9 Å². The first-order valence-electron chi connectivity index (χ1n) is 6.91. The van der Waals surface area contributed by atoms with E-state index in [4.69, 9.17) is 10.5 Å². The summed E-state index contributed by atoms with van der Waals surface area (Å²) < 4.78 is 5.71. The molecule has 2 aromatic rings. The molecule has 0 saturated carbocycles. The zero-order valence-electron chi connectivity index (χ0n) is 12.1. The largest absolute Gasteiger partial charge is 0.384 e. The van der Waals surface area contributed by atoms with Crippen molar-refractivity contribution in [3.05, 3.63) is 41.9 Å². The number of amides is 1. The van der Waals surface area contributed by atoms with Crippen LogP contribution in [0.2, 0.25) is 0 Å². The predicted octanol–water partition coefficient (Wildman–Crippen LogP) is 0.371. The molecule has 0 spiro atoms. The maximum atomic E-state index is 12.4. The molecule has 1 amide bonds. The summed E-state index contributed by atoms with van der Waals surface area (Å²) in [6.45, 7) is 3.10. The Morgan fingerprint density at radius 2 is 2.27 bits per heavy atom. The van der Waals surface area contributed by atoms with Crippen LogP contribution in [0.5, 0.6) is 0 Å². The molecule has 2 N–H and O–H groups in total. The monoisotopic (exact) mass is 300 g/mol. The second kappa shape index (κ2) is 6.02. The minimum Gasteiger partial charge on any atom is -0.384 e. The second-order valence-corrected chi connectivity index (χ2v) is 4.97. The third kappa shape index (κ3) is 3.01. The number of carbonyl (C=O) groups excluding carboxylic acids is 1. The van der Waals surface area contributed by atoms with Gasteiger partial charge in [0.05, 0.1) is 25.0 Å². The van der Waals surface area contributed by atoms with E-state index in [2.05, 4.69) is 19.9 Å². The molecule has 1 aliphatic rings. The molecule has 1 fully saturated rings. The van der Waals surface area contributed by atoms with Gasteiger partial charge in [-0.3, -0.25) is 9.78 Å². The number of rotatable bonds is 2. The highest BCUT2D eigenvalue weighted by Crippen LogP contribution is 2.22. The number of aromatic nitrogens is 4. The van der Waals surface area contributed by atoms with Crippen molar-refractivity contribution in [2.75, 3.05) is 25.4 Å². The smallest absolute Gasteiger partial charge is 0.274 e. The predicted molar refractivity (Wildman–Crippen MR) is 77.8 cm³/mol. The first-order chi connectivity index (χ1) is 10.6. The average molecular weight is 300 g/mol. The van der Waals surface area contributed by atoms with Gasteiger partial charge in [-0.15, -0.1) is 0 Å². The number of nitrogen functional groups attached to an aromatic ring is 1. The van der Waals surface area contributed by atoms with Crippen LogP contribution in [0.4, 0.5) is 5.82 Å². The molecule has 3 rings (SSSR count). The van der Waals surface area contributed by atoms with Gasteiger partial charge in [-0.05, 0) is 6.92 Å². The Balaban J connectivity index is 1.78. The Labute approximate surface area is 127 Å². The lowest BCUT2D eigenvalue weighted by molar-refractivity contribution is -0.0250. The number of ether oxygens (including phenoxy) is 1. The molecule has 1 saturated heterocycles. The quantitative estimate of drug-likeness (QED) is 0.853. The average Bonchev–Trinajstić information content (AvgIpc) is 2.54. The highest BCUT2D eigenvalue weighted by Gasteiger charge is 2.28. The Morgan fingerprint density at radius 1 is 1.41 bits per heavy atom. The molecular weight excluding hydrogens is 284 g/mol. The summed E-state index contributed by atoms with van der Waals surface area (Å²) >= 11 is 0. The maximum absolute atomic E-state index is 12.4. The van der Waals surface area contributed by atoms with E-state index in [1.807, 2.05) is 0 Å². The number of hydrogen-bond acceptors (Lipinski definition) is 7. The molecule has 1 aliphatic heterocycles. The molecule has 2 aromatic heterocycles. The molecule has 1 atom stereocenters. The van der Waals surface area contributed by atoms with Gasteiger partial charge in [0.25, 0.3) is 5.91 Å². The van der Waals surface area contributed by atoms with Crippen LogP contribution in [0.25, 0.3) is 0 Å². The SMILES string of the molecule is Cc1nc(N)cc([C@H]2CN(C(=O)c3cnccn3)CCO2)n1. The van der Waals surface area contributed by atoms with Crippen LogP contribution < -0.4 is 5.73 Å². The number of nitrogens with zero attached hydrogens (tertiary/aromatic N) is 5. The number of anilines is 1. The molecule has 114 valence electrons. The van der Waals surface area contributed by atoms with Crippen molar-refractivity contribution in [1.29, 1.82) is 0 Å². The van der Waals surface area contributed by atoms with E-state index in [0.717, 1.165) is 0 Å². The van der Waals surface area contributed by atoms with Gasteiger partial charge < -0.3 is 15.4 Å².